The summed E-state index contributed by atoms with van der Waals surface area (Å²) in [6.45, 7) is 7.97. The Kier molecular flexibility index (Phi) is 6.52. The standard InChI is InChI=1S/C18H25ClN2O3/c1-5-24-18-15(19)8-14(9-16(18)23-4)6-7-17(22)21-10-12(2)20-13(3)11-21/h6-9,12-13,20H,5,10-11H2,1-4H3/b7-6+. The summed E-state index contributed by atoms with van der Waals surface area (Å²) in [5.74, 6) is 1.08. The summed E-state index contributed by atoms with van der Waals surface area (Å²) < 4.78 is 10.8. The Morgan fingerprint density at radius 1 is 1.38 bits per heavy atom. The number of ether oxygens (including phenoxy) is 2. The Morgan fingerprint density at radius 2 is 2.04 bits per heavy atom. The number of carbonyl (C=O) groups is 1. The van der Waals surface area contributed by atoms with Crippen LogP contribution >= 0.6 is 11.6 Å². The molecular weight excluding hydrogens is 328 g/mol. The van der Waals surface area contributed by atoms with E-state index in [1.54, 1.807) is 25.3 Å². The monoisotopic (exact) mass is 352 g/mol. The minimum Gasteiger partial charge on any atom is -0.493 e. The van der Waals surface area contributed by atoms with Crippen LogP contribution < -0.4 is 14.8 Å². The van der Waals surface area contributed by atoms with E-state index in [2.05, 4.69) is 19.2 Å². The maximum absolute atomic E-state index is 12.4. The van der Waals surface area contributed by atoms with Crippen molar-refractivity contribution in [2.24, 2.45) is 0 Å². The molecule has 24 heavy (non-hydrogen) atoms. The van der Waals surface area contributed by atoms with E-state index in [9.17, 15) is 4.79 Å². The molecule has 1 heterocycles. The number of halogens is 1. The highest BCUT2D eigenvalue weighted by Crippen LogP contribution is 2.36. The molecular formula is C18H25ClN2O3. The van der Waals surface area contributed by atoms with Gasteiger partial charge in [0.1, 0.15) is 0 Å². The molecule has 1 amide bonds. The molecule has 0 radical (unpaired) electrons. The van der Waals surface area contributed by atoms with Crippen LogP contribution in [-0.4, -0.2) is 49.7 Å². The van der Waals surface area contributed by atoms with Crippen LogP contribution in [0.1, 0.15) is 26.3 Å². The van der Waals surface area contributed by atoms with Gasteiger partial charge < -0.3 is 19.7 Å². The lowest BCUT2D eigenvalue weighted by Gasteiger charge is -2.35. The molecule has 2 atom stereocenters. The van der Waals surface area contributed by atoms with Crippen molar-refractivity contribution in [3.8, 4) is 11.5 Å². The van der Waals surface area contributed by atoms with Gasteiger partial charge in [-0.15, -0.1) is 0 Å². The van der Waals surface area contributed by atoms with Crippen LogP contribution in [0.5, 0.6) is 11.5 Å². The van der Waals surface area contributed by atoms with Crippen molar-refractivity contribution in [1.29, 1.82) is 0 Å². The molecule has 0 bridgehead atoms. The van der Waals surface area contributed by atoms with E-state index in [0.717, 1.165) is 5.56 Å². The Labute approximate surface area is 148 Å². The number of piperazine rings is 1. The van der Waals surface area contributed by atoms with Gasteiger partial charge in [-0.3, -0.25) is 4.79 Å². The Balaban J connectivity index is 2.13. The smallest absolute Gasteiger partial charge is 0.246 e. The molecule has 0 aliphatic carbocycles. The second kappa shape index (κ2) is 8.40. The van der Waals surface area contributed by atoms with Crippen LogP contribution in [0.25, 0.3) is 6.08 Å². The summed E-state index contributed by atoms with van der Waals surface area (Å²) in [7, 11) is 1.57. The zero-order valence-corrected chi connectivity index (χ0v) is 15.4. The molecule has 0 spiro atoms. The fourth-order valence-corrected chi connectivity index (χ4v) is 3.17. The normalized spacial score (nSPS) is 21.1. The highest BCUT2D eigenvalue weighted by Gasteiger charge is 2.23. The van der Waals surface area contributed by atoms with Gasteiger partial charge in [-0.2, -0.15) is 0 Å². The molecule has 6 heteroatoms. The van der Waals surface area contributed by atoms with Crippen molar-refractivity contribution in [1.82, 2.24) is 10.2 Å². The number of nitrogens with one attached hydrogen (secondary N) is 1. The highest BCUT2D eigenvalue weighted by molar-refractivity contribution is 6.32. The number of hydrogen-bond acceptors (Lipinski definition) is 4. The van der Waals surface area contributed by atoms with Crippen molar-refractivity contribution >= 4 is 23.6 Å². The zero-order valence-electron chi connectivity index (χ0n) is 14.6. The Hall–Kier alpha value is -1.72. The van der Waals surface area contributed by atoms with E-state index in [0.29, 0.717) is 48.3 Å². The van der Waals surface area contributed by atoms with Gasteiger partial charge in [0.25, 0.3) is 0 Å². The third kappa shape index (κ3) is 4.65. The largest absolute Gasteiger partial charge is 0.493 e. The fourth-order valence-electron chi connectivity index (χ4n) is 2.90. The van der Waals surface area contributed by atoms with Crippen LogP contribution in [0, 0.1) is 0 Å². The van der Waals surface area contributed by atoms with Crippen LogP contribution in [0.3, 0.4) is 0 Å². The minimum atomic E-state index is -0.000765. The maximum atomic E-state index is 12.4. The number of methoxy groups -OCH3 is 1. The number of nitrogens with zero attached hydrogens (tertiary/aromatic N) is 1. The molecule has 1 aliphatic heterocycles. The SMILES string of the molecule is CCOc1c(Cl)cc(/C=C/C(=O)N2CC(C)NC(C)C2)cc1OC. The summed E-state index contributed by atoms with van der Waals surface area (Å²) in [6, 6.07) is 4.17. The van der Waals surface area contributed by atoms with Crippen LogP contribution in [0.4, 0.5) is 0 Å². The predicted octanol–water partition coefficient (Wildman–Crippen LogP) is 2.97. The lowest BCUT2D eigenvalue weighted by molar-refractivity contribution is -0.127. The number of carbonyl (C=O) groups excluding carboxylic acids is 1. The predicted molar refractivity (Wildman–Crippen MR) is 96.8 cm³/mol. The van der Waals surface area contributed by atoms with E-state index in [1.165, 1.54) is 0 Å². The first-order chi connectivity index (χ1) is 11.4. The van der Waals surface area contributed by atoms with Gasteiger partial charge in [-0.05, 0) is 44.5 Å². The zero-order chi connectivity index (χ0) is 17.7. The molecule has 1 N–H and O–H groups in total. The van der Waals surface area contributed by atoms with Crippen LogP contribution in [0.2, 0.25) is 5.02 Å². The number of rotatable bonds is 5. The third-order valence-electron chi connectivity index (χ3n) is 3.83. The van der Waals surface area contributed by atoms with Crippen molar-refractivity contribution in [3.63, 3.8) is 0 Å². The molecule has 1 aliphatic rings. The molecule has 2 unspecified atom stereocenters. The Morgan fingerprint density at radius 3 is 2.62 bits per heavy atom. The van der Waals surface area contributed by atoms with Crippen molar-refractivity contribution in [3.05, 3.63) is 28.8 Å². The lowest BCUT2D eigenvalue weighted by atomic mass is 10.1. The summed E-state index contributed by atoms with van der Waals surface area (Å²) in [6.07, 6.45) is 3.33. The fraction of sp³-hybridized carbons (Fsp3) is 0.500. The van der Waals surface area contributed by atoms with Crippen molar-refractivity contribution in [2.75, 3.05) is 26.8 Å². The van der Waals surface area contributed by atoms with E-state index >= 15 is 0 Å². The summed E-state index contributed by atoms with van der Waals surface area (Å²) >= 11 is 6.25. The van der Waals surface area contributed by atoms with Gasteiger partial charge >= 0.3 is 0 Å². The molecule has 2 rings (SSSR count). The van der Waals surface area contributed by atoms with Gasteiger partial charge in [0, 0.05) is 31.2 Å². The number of benzene rings is 1. The van der Waals surface area contributed by atoms with Crippen LogP contribution in [-0.2, 0) is 4.79 Å². The van der Waals surface area contributed by atoms with E-state index in [-0.39, 0.29) is 5.91 Å². The highest BCUT2D eigenvalue weighted by atomic mass is 35.5. The van der Waals surface area contributed by atoms with Gasteiger partial charge in [-0.25, -0.2) is 0 Å². The second-order valence-corrected chi connectivity index (χ2v) is 6.42. The van der Waals surface area contributed by atoms with Crippen molar-refractivity contribution < 1.29 is 14.3 Å². The second-order valence-electron chi connectivity index (χ2n) is 6.01. The summed E-state index contributed by atoms with van der Waals surface area (Å²) in [5.41, 5.74) is 0.796. The first kappa shape index (κ1) is 18.6. The van der Waals surface area contributed by atoms with Gasteiger partial charge in [-0.1, -0.05) is 11.6 Å². The van der Waals surface area contributed by atoms with Gasteiger partial charge in [0.05, 0.1) is 18.7 Å². The topological polar surface area (TPSA) is 50.8 Å². The Bertz CT molecular complexity index is 609. The van der Waals surface area contributed by atoms with Crippen molar-refractivity contribution in [2.45, 2.75) is 32.9 Å². The molecule has 132 valence electrons. The van der Waals surface area contributed by atoms with Crippen LogP contribution in [0.15, 0.2) is 18.2 Å². The molecule has 1 aromatic carbocycles. The van der Waals surface area contributed by atoms with E-state index in [1.807, 2.05) is 17.9 Å². The summed E-state index contributed by atoms with van der Waals surface area (Å²) in [4.78, 5) is 14.3. The molecule has 0 aromatic heterocycles. The quantitative estimate of drug-likeness (QED) is 0.828. The average molecular weight is 353 g/mol. The third-order valence-corrected chi connectivity index (χ3v) is 4.11. The first-order valence-corrected chi connectivity index (χ1v) is 8.55. The first-order valence-electron chi connectivity index (χ1n) is 8.18. The number of hydrogen-bond donors (Lipinski definition) is 1. The lowest BCUT2D eigenvalue weighted by Crippen LogP contribution is -2.55. The van der Waals surface area contributed by atoms with Gasteiger partial charge in [0.2, 0.25) is 5.91 Å². The van der Waals surface area contributed by atoms with E-state index < -0.39 is 0 Å². The molecule has 1 aromatic rings. The molecule has 1 fully saturated rings. The van der Waals surface area contributed by atoms with Gasteiger partial charge in [0.15, 0.2) is 11.5 Å². The molecule has 1 saturated heterocycles. The number of amides is 1. The maximum Gasteiger partial charge on any atom is 0.246 e. The van der Waals surface area contributed by atoms with E-state index in [4.69, 9.17) is 21.1 Å². The summed E-state index contributed by atoms with van der Waals surface area (Å²) in [5, 5.41) is 3.88. The average Bonchev–Trinajstić information content (AvgIpc) is 2.53. The minimum absolute atomic E-state index is 0.000765. The molecule has 5 nitrogen and oxygen atoms in total. The molecule has 0 saturated carbocycles.